The second-order valence-electron chi connectivity index (χ2n) is 15.0. The van der Waals surface area contributed by atoms with Crippen LogP contribution in [0, 0.1) is 11.3 Å². The van der Waals surface area contributed by atoms with E-state index in [1.54, 1.807) is 54.7 Å². The van der Waals surface area contributed by atoms with E-state index in [-0.39, 0.29) is 19.4 Å². The number of hydrogen-bond acceptors (Lipinski definition) is 8. The van der Waals surface area contributed by atoms with E-state index in [1.807, 2.05) is 48.5 Å². The highest BCUT2D eigenvalue weighted by Gasteiger charge is 2.61. The van der Waals surface area contributed by atoms with Gasteiger partial charge >= 0.3 is 12.1 Å². The molecule has 3 aromatic rings. The molecule has 266 valence electrons. The average Bonchev–Trinajstić information content (AvgIpc) is 3.61. The van der Waals surface area contributed by atoms with E-state index in [2.05, 4.69) is 17.2 Å². The third-order valence-electron chi connectivity index (χ3n) is 8.99. The van der Waals surface area contributed by atoms with Gasteiger partial charge in [-0.2, -0.15) is 0 Å². The molecule has 12 heteroatoms. The summed E-state index contributed by atoms with van der Waals surface area (Å²) in [4.78, 5) is 59.8. The minimum atomic E-state index is -1.50. The second-order valence-corrected chi connectivity index (χ2v) is 15.0. The van der Waals surface area contributed by atoms with Crippen LogP contribution in [0.4, 0.5) is 4.79 Å². The lowest BCUT2D eigenvalue weighted by Crippen LogP contribution is -2.59. The highest BCUT2D eigenvalue weighted by atomic mass is 16.6. The van der Waals surface area contributed by atoms with E-state index in [9.17, 15) is 24.3 Å². The van der Waals surface area contributed by atoms with Gasteiger partial charge in [0.25, 0.3) is 0 Å². The van der Waals surface area contributed by atoms with Gasteiger partial charge in [-0.1, -0.05) is 57.2 Å². The van der Waals surface area contributed by atoms with Crippen molar-refractivity contribution in [1.29, 1.82) is 0 Å². The van der Waals surface area contributed by atoms with Gasteiger partial charge in [0.15, 0.2) is 0 Å². The maximum absolute atomic E-state index is 14.4. The van der Waals surface area contributed by atoms with Gasteiger partial charge in [0.2, 0.25) is 11.8 Å². The molecule has 1 aromatic heterocycles. The summed E-state index contributed by atoms with van der Waals surface area (Å²) >= 11 is 0. The molecule has 1 aliphatic heterocycles. The van der Waals surface area contributed by atoms with Crippen LogP contribution in [0.15, 0.2) is 67.3 Å². The molecule has 1 saturated carbocycles. The first-order valence-corrected chi connectivity index (χ1v) is 16.6. The number of carbonyl (C=O) groups excluding carboxylic acids is 3. The Labute approximate surface area is 292 Å². The number of carbonyl (C=O) groups is 4. The molecule has 2 aromatic carbocycles. The Kier molecular flexibility index (Phi) is 9.87. The zero-order valence-electron chi connectivity index (χ0n) is 29.6. The van der Waals surface area contributed by atoms with Crippen LogP contribution in [0.1, 0.15) is 54.4 Å². The minimum absolute atomic E-state index is 0.00883. The van der Waals surface area contributed by atoms with Crippen molar-refractivity contribution in [2.24, 2.45) is 11.3 Å². The molecular weight excluding hydrogens is 640 g/mol. The molecule has 0 radical (unpaired) electrons. The van der Waals surface area contributed by atoms with Crippen molar-refractivity contribution < 1.29 is 38.5 Å². The molecule has 3 N–H and O–H groups in total. The Morgan fingerprint density at radius 3 is 2.34 bits per heavy atom. The van der Waals surface area contributed by atoms with Crippen LogP contribution in [0.3, 0.4) is 0 Å². The molecule has 12 nitrogen and oxygen atoms in total. The summed E-state index contributed by atoms with van der Waals surface area (Å²) in [7, 11) is 1.57. The van der Waals surface area contributed by atoms with Gasteiger partial charge in [-0.15, -0.1) is 6.58 Å². The average molecular weight is 687 g/mol. The lowest BCUT2D eigenvalue weighted by molar-refractivity contribution is -0.146. The molecule has 0 bridgehead atoms. The number of carboxylic acids is 1. The van der Waals surface area contributed by atoms with Crippen LogP contribution >= 0.6 is 0 Å². The third kappa shape index (κ3) is 7.69. The fourth-order valence-corrected chi connectivity index (χ4v) is 6.27. The van der Waals surface area contributed by atoms with Crippen molar-refractivity contribution in [1.82, 2.24) is 20.5 Å². The van der Waals surface area contributed by atoms with Gasteiger partial charge in [-0.25, -0.2) is 14.6 Å². The van der Waals surface area contributed by atoms with Gasteiger partial charge in [-0.05, 0) is 44.7 Å². The zero-order chi connectivity index (χ0) is 36.6. The van der Waals surface area contributed by atoms with Crippen molar-refractivity contribution in [3.05, 3.63) is 67.3 Å². The summed E-state index contributed by atoms with van der Waals surface area (Å²) in [6.07, 6.45) is 0.311. The quantitative estimate of drug-likeness (QED) is 0.240. The first-order chi connectivity index (χ1) is 23.5. The number of nitrogens with zero attached hydrogens (tertiary/aromatic N) is 2. The van der Waals surface area contributed by atoms with Gasteiger partial charge in [0.1, 0.15) is 40.8 Å². The number of hydrogen-bond donors (Lipinski definition) is 3. The number of rotatable bonds is 10. The third-order valence-corrected chi connectivity index (χ3v) is 8.99. The van der Waals surface area contributed by atoms with Crippen molar-refractivity contribution in [3.63, 3.8) is 0 Å². The maximum Gasteiger partial charge on any atom is 0.408 e. The summed E-state index contributed by atoms with van der Waals surface area (Å²) < 4.78 is 17.5. The molecule has 0 spiro atoms. The number of methoxy groups -OCH3 is 1. The highest BCUT2D eigenvalue weighted by Crippen LogP contribution is 2.45. The number of carboxylic acid groups (broad SMARTS) is 1. The highest BCUT2D eigenvalue weighted by molar-refractivity contribution is 5.96. The number of likely N-dealkylation sites (tertiary alicyclic amines) is 1. The minimum Gasteiger partial charge on any atom is -0.497 e. The number of pyridine rings is 1. The summed E-state index contributed by atoms with van der Waals surface area (Å²) in [6.45, 7) is 14.3. The van der Waals surface area contributed by atoms with Crippen molar-refractivity contribution in [2.45, 2.75) is 83.7 Å². The smallest absolute Gasteiger partial charge is 0.408 e. The first-order valence-electron chi connectivity index (χ1n) is 16.6. The van der Waals surface area contributed by atoms with Crippen molar-refractivity contribution in [2.75, 3.05) is 13.7 Å². The summed E-state index contributed by atoms with van der Waals surface area (Å²) in [5.41, 5.74) is -0.950. The predicted molar refractivity (Wildman–Crippen MR) is 188 cm³/mol. The first kappa shape index (κ1) is 36.2. The van der Waals surface area contributed by atoms with Gasteiger partial charge in [0.05, 0.1) is 24.9 Å². The number of benzene rings is 2. The summed E-state index contributed by atoms with van der Waals surface area (Å²) in [6, 6.07) is 14.7. The summed E-state index contributed by atoms with van der Waals surface area (Å²) in [5.74, 6) is -1.67. The van der Waals surface area contributed by atoms with E-state index >= 15 is 0 Å². The predicted octanol–water partition coefficient (Wildman–Crippen LogP) is 5.34. The van der Waals surface area contributed by atoms with Gasteiger partial charge in [0, 0.05) is 35.4 Å². The number of nitrogens with one attached hydrogen (secondary N) is 2. The molecule has 50 heavy (non-hydrogen) atoms. The fraction of sp³-hybridized carbons (Fsp3) is 0.447. The SMILES string of the molecule is C=C[C@H]1CC1(NC(=O)[C@@H]1C[C@@H](Oc2cc(-c3ccccc3)nc3cc(OC)ccc23)CN1C(=O)[C@@H](NC(=O)OC(C)(C)C)C(C)(C)C)C(=O)O. The Bertz CT molecular complexity index is 1800. The maximum atomic E-state index is 14.4. The molecule has 1 saturated heterocycles. The van der Waals surface area contributed by atoms with Crippen LogP contribution in [-0.4, -0.2) is 81.8 Å². The van der Waals surface area contributed by atoms with E-state index in [0.717, 1.165) is 5.56 Å². The standard InChI is InChI=1S/C38H46N4O8/c1-9-23-20-38(23,34(45)46)41-32(43)29-18-25(21-42(29)33(44)31(36(2,3)4)40-35(47)50-37(5,6)7)49-30-19-27(22-13-11-10-12-14-22)39-28-17-24(48-8)15-16-26(28)30/h9-17,19,23,25,29,31H,1,18,20-21H2,2-8H3,(H,40,47)(H,41,43)(H,45,46)/t23-,25+,29-,31+,38?/m0/s1. The molecule has 1 aliphatic carbocycles. The van der Waals surface area contributed by atoms with E-state index in [4.69, 9.17) is 19.2 Å². The Hall–Kier alpha value is -5.13. The number of ether oxygens (including phenoxy) is 3. The lowest BCUT2D eigenvalue weighted by atomic mass is 9.85. The molecule has 5 atom stereocenters. The molecule has 2 heterocycles. The van der Waals surface area contributed by atoms with E-state index in [1.165, 1.54) is 11.0 Å². The zero-order valence-corrected chi connectivity index (χ0v) is 29.6. The lowest BCUT2D eigenvalue weighted by Gasteiger charge is -2.35. The molecule has 2 fully saturated rings. The van der Waals surface area contributed by atoms with E-state index < -0.39 is 64.5 Å². The van der Waals surface area contributed by atoms with Crippen molar-refractivity contribution in [3.8, 4) is 22.8 Å². The molecule has 3 amide bonds. The second kappa shape index (κ2) is 13.6. The number of fused-ring (bicyclic) bond motifs is 1. The molecular formula is C38H46N4O8. The van der Waals surface area contributed by atoms with Crippen LogP contribution in [0.25, 0.3) is 22.2 Å². The number of aliphatic carboxylic acids is 1. The number of alkyl carbamates (subject to hydrolysis) is 1. The Balaban J connectivity index is 1.51. The van der Waals surface area contributed by atoms with Gasteiger partial charge in [-0.3, -0.25) is 9.59 Å². The normalized spacial score (nSPS) is 22.3. The largest absolute Gasteiger partial charge is 0.497 e. The van der Waals surface area contributed by atoms with Crippen molar-refractivity contribution >= 4 is 34.8 Å². The fourth-order valence-electron chi connectivity index (χ4n) is 6.27. The molecule has 1 unspecified atom stereocenters. The molecule has 5 rings (SSSR count). The molecule has 2 aliphatic rings. The Morgan fingerprint density at radius 2 is 1.76 bits per heavy atom. The summed E-state index contributed by atoms with van der Waals surface area (Å²) in [5, 5.41) is 16.1. The van der Waals surface area contributed by atoms with Crippen LogP contribution in [0.2, 0.25) is 0 Å². The topological polar surface area (TPSA) is 156 Å². The number of amides is 3. The van der Waals surface area contributed by atoms with Crippen LogP contribution in [-0.2, 0) is 19.1 Å². The number of aromatic nitrogens is 1. The van der Waals surface area contributed by atoms with E-state index in [0.29, 0.717) is 28.1 Å². The Morgan fingerprint density at radius 1 is 1.06 bits per heavy atom. The van der Waals surface area contributed by atoms with Gasteiger partial charge < -0.3 is 34.9 Å². The van der Waals surface area contributed by atoms with Crippen LogP contribution < -0.4 is 20.1 Å². The van der Waals surface area contributed by atoms with Crippen LogP contribution in [0.5, 0.6) is 11.5 Å². The monoisotopic (exact) mass is 686 g/mol.